The largest absolute Gasteiger partial charge is 0.348 e. The van der Waals surface area contributed by atoms with E-state index in [9.17, 15) is 9.59 Å². The van der Waals surface area contributed by atoms with Crippen LogP contribution in [0.1, 0.15) is 35.8 Å². The number of hydrogen-bond acceptors (Lipinski definition) is 4. The van der Waals surface area contributed by atoms with E-state index in [1.54, 1.807) is 11.3 Å². The topological polar surface area (TPSA) is 62.3 Å². The third kappa shape index (κ3) is 3.82. The molecule has 3 rings (SSSR count). The lowest BCUT2D eigenvalue weighted by molar-refractivity contribution is -0.127. The van der Waals surface area contributed by atoms with E-state index in [4.69, 9.17) is 0 Å². The van der Waals surface area contributed by atoms with Gasteiger partial charge in [-0.05, 0) is 32.4 Å². The monoisotopic (exact) mass is 343 g/mol. The lowest BCUT2D eigenvalue weighted by Crippen LogP contribution is -2.42. The molecule has 1 saturated heterocycles. The number of aromatic nitrogens is 1. The number of carbonyl (C=O) groups is 2. The summed E-state index contributed by atoms with van der Waals surface area (Å²) in [7, 11) is 0. The van der Waals surface area contributed by atoms with E-state index in [1.165, 1.54) is 0 Å². The molecular weight excluding hydrogens is 322 g/mol. The molecule has 2 amide bonds. The van der Waals surface area contributed by atoms with Crippen LogP contribution >= 0.6 is 11.3 Å². The van der Waals surface area contributed by atoms with Gasteiger partial charge in [-0.2, -0.15) is 0 Å². The maximum atomic E-state index is 12.3. The van der Waals surface area contributed by atoms with Crippen molar-refractivity contribution in [3.63, 3.8) is 0 Å². The van der Waals surface area contributed by atoms with Crippen LogP contribution in [0.2, 0.25) is 0 Å². The van der Waals surface area contributed by atoms with E-state index >= 15 is 0 Å². The molecule has 1 N–H and O–H groups in total. The highest BCUT2D eigenvalue weighted by Gasteiger charge is 2.22. The highest BCUT2D eigenvalue weighted by atomic mass is 32.1. The molecule has 1 aliphatic rings. The van der Waals surface area contributed by atoms with E-state index in [-0.39, 0.29) is 17.9 Å². The van der Waals surface area contributed by atoms with Gasteiger partial charge < -0.3 is 10.2 Å². The molecule has 24 heavy (non-hydrogen) atoms. The number of thiazole rings is 1. The Labute approximate surface area is 145 Å². The standard InChI is InChI=1S/C18H21N3O2S/c1-12(10-21-9-3-4-16(21)22)19-17(23)14-5-7-15(8-6-14)18-20-13(2)11-24-18/h5-8,11-12H,3-4,9-10H2,1-2H3,(H,19,23). The lowest BCUT2D eigenvalue weighted by atomic mass is 10.1. The second-order valence-electron chi connectivity index (χ2n) is 6.19. The van der Waals surface area contributed by atoms with Gasteiger partial charge >= 0.3 is 0 Å². The van der Waals surface area contributed by atoms with E-state index in [2.05, 4.69) is 10.3 Å². The van der Waals surface area contributed by atoms with Gasteiger partial charge in [0.2, 0.25) is 5.91 Å². The summed E-state index contributed by atoms with van der Waals surface area (Å²) in [4.78, 5) is 30.2. The minimum absolute atomic E-state index is 0.0687. The Kier molecular flexibility index (Phi) is 4.94. The van der Waals surface area contributed by atoms with Crippen molar-refractivity contribution in [2.45, 2.75) is 32.7 Å². The number of nitrogens with zero attached hydrogens (tertiary/aromatic N) is 2. The number of likely N-dealkylation sites (tertiary alicyclic amines) is 1. The average Bonchev–Trinajstić information content (AvgIpc) is 3.16. The smallest absolute Gasteiger partial charge is 0.251 e. The molecule has 0 radical (unpaired) electrons. The second-order valence-corrected chi connectivity index (χ2v) is 7.05. The van der Waals surface area contributed by atoms with Gasteiger partial charge in [-0.25, -0.2) is 4.98 Å². The molecule has 0 aliphatic carbocycles. The zero-order valence-electron chi connectivity index (χ0n) is 13.9. The quantitative estimate of drug-likeness (QED) is 0.908. The summed E-state index contributed by atoms with van der Waals surface area (Å²) < 4.78 is 0. The third-order valence-corrected chi connectivity index (χ3v) is 5.07. The summed E-state index contributed by atoms with van der Waals surface area (Å²) in [6.45, 7) is 5.26. The fraction of sp³-hybridized carbons (Fsp3) is 0.389. The molecule has 5 nitrogen and oxygen atoms in total. The molecule has 1 fully saturated rings. The minimum atomic E-state index is -0.115. The summed E-state index contributed by atoms with van der Waals surface area (Å²) in [5.41, 5.74) is 2.63. The van der Waals surface area contributed by atoms with Crippen LogP contribution < -0.4 is 5.32 Å². The van der Waals surface area contributed by atoms with Gasteiger partial charge in [0.25, 0.3) is 5.91 Å². The maximum Gasteiger partial charge on any atom is 0.251 e. The molecule has 6 heteroatoms. The zero-order chi connectivity index (χ0) is 17.1. The molecule has 0 spiro atoms. The molecule has 1 aromatic carbocycles. The number of hydrogen-bond donors (Lipinski definition) is 1. The number of aryl methyl sites for hydroxylation is 1. The number of benzene rings is 1. The zero-order valence-corrected chi connectivity index (χ0v) is 14.7. The SMILES string of the molecule is Cc1csc(-c2ccc(C(=O)NC(C)CN3CCCC3=O)cc2)n1. The van der Waals surface area contributed by atoms with E-state index in [1.807, 2.05) is 48.4 Å². The Morgan fingerprint density at radius 1 is 1.38 bits per heavy atom. The minimum Gasteiger partial charge on any atom is -0.348 e. The van der Waals surface area contributed by atoms with E-state index < -0.39 is 0 Å². The molecule has 0 bridgehead atoms. The molecule has 1 aliphatic heterocycles. The number of rotatable bonds is 5. The van der Waals surface area contributed by atoms with Crippen LogP contribution in [-0.2, 0) is 4.79 Å². The Balaban J connectivity index is 1.59. The van der Waals surface area contributed by atoms with Crippen LogP contribution in [-0.4, -0.2) is 40.8 Å². The average molecular weight is 343 g/mol. The summed E-state index contributed by atoms with van der Waals surface area (Å²) in [6.07, 6.45) is 1.54. The molecule has 1 aromatic heterocycles. The normalized spacial score (nSPS) is 15.6. The summed E-state index contributed by atoms with van der Waals surface area (Å²) in [5.74, 6) is 0.0650. The van der Waals surface area contributed by atoms with Crippen LogP contribution in [0, 0.1) is 6.92 Å². The van der Waals surface area contributed by atoms with Crippen LogP contribution in [0.15, 0.2) is 29.6 Å². The predicted molar refractivity (Wildman–Crippen MR) is 95.0 cm³/mol. The molecule has 1 unspecified atom stereocenters. The first kappa shape index (κ1) is 16.6. The summed E-state index contributed by atoms with van der Waals surface area (Å²) in [6, 6.07) is 7.40. The highest BCUT2D eigenvalue weighted by Crippen LogP contribution is 2.23. The molecule has 0 saturated carbocycles. The first-order chi connectivity index (χ1) is 11.5. The second kappa shape index (κ2) is 7.13. The summed E-state index contributed by atoms with van der Waals surface area (Å²) >= 11 is 1.60. The van der Waals surface area contributed by atoms with Gasteiger partial charge in [0.05, 0.1) is 0 Å². The van der Waals surface area contributed by atoms with Crippen molar-refractivity contribution in [1.29, 1.82) is 0 Å². The Morgan fingerprint density at radius 3 is 2.71 bits per heavy atom. The van der Waals surface area contributed by atoms with E-state index in [0.717, 1.165) is 29.2 Å². The van der Waals surface area contributed by atoms with Gasteiger partial charge in [0.15, 0.2) is 0 Å². The molecule has 2 heterocycles. The summed E-state index contributed by atoms with van der Waals surface area (Å²) in [5, 5.41) is 5.93. The number of amides is 2. The molecular formula is C18H21N3O2S. The Morgan fingerprint density at radius 2 is 2.12 bits per heavy atom. The Hall–Kier alpha value is -2.21. The fourth-order valence-corrected chi connectivity index (χ4v) is 3.63. The van der Waals surface area contributed by atoms with Crippen molar-refractivity contribution in [2.75, 3.05) is 13.1 Å². The molecule has 2 aromatic rings. The lowest BCUT2D eigenvalue weighted by Gasteiger charge is -2.21. The van der Waals surface area contributed by atoms with Gasteiger partial charge in [0.1, 0.15) is 5.01 Å². The van der Waals surface area contributed by atoms with Crippen LogP contribution in [0.3, 0.4) is 0 Å². The van der Waals surface area contributed by atoms with Gasteiger partial charge in [-0.3, -0.25) is 9.59 Å². The molecule has 126 valence electrons. The number of carbonyl (C=O) groups excluding carboxylic acids is 2. The third-order valence-electron chi connectivity index (χ3n) is 4.06. The van der Waals surface area contributed by atoms with Crippen molar-refractivity contribution in [2.24, 2.45) is 0 Å². The van der Waals surface area contributed by atoms with Crippen molar-refractivity contribution in [3.05, 3.63) is 40.9 Å². The van der Waals surface area contributed by atoms with Crippen LogP contribution in [0.4, 0.5) is 0 Å². The Bertz CT molecular complexity index is 739. The predicted octanol–water partition coefficient (Wildman–Crippen LogP) is 2.86. The van der Waals surface area contributed by atoms with Gasteiger partial charge in [0, 0.05) is 47.8 Å². The van der Waals surface area contributed by atoms with Crippen molar-refractivity contribution in [1.82, 2.24) is 15.2 Å². The van der Waals surface area contributed by atoms with E-state index in [0.29, 0.717) is 18.5 Å². The van der Waals surface area contributed by atoms with Crippen LogP contribution in [0.25, 0.3) is 10.6 Å². The van der Waals surface area contributed by atoms with Crippen molar-refractivity contribution in [3.8, 4) is 10.6 Å². The van der Waals surface area contributed by atoms with Crippen LogP contribution in [0.5, 0.6) is 0 Å². The van der Waals surface area contributed by atoms with Gasteiger partial charge in [-0.15, -0.1) is 11.3 Å². The number of nitrogens with one attached hydrogen (secondary N) is 1. The maximum absolute atomic E-state index is 12.3. The van der Waals surface area contributed by atoms with Gasteiger partial charge in [-0.1, -0.05) is 12.1 Å². The first-order valence-electron chi connectivity index (χ1n) is 8.14. The fourth-order valence-electron chi connectivity index (χ4n) is 2.83. The molecule has 1 atom stereocenters. The first-order valence-corrected chi connectivity index (χ1v) is 9.02. The van der Waals surface area contributed by atoms with Crippen molar-refractivity contribution < 1.29 is 9.59 Å². The highest BCUT2D eigenvalue weighted by molar-refractivity contribution is 7.13. The van der Waals surface area contributed by atoms with Crippen molar-refractivity contribution >= 4 is 23.2 Å².